The number of amidine groups is 1. The van der Waals surface area contributed by atoms with Gasteiger partial charge >= 0.3 is 0 Å². The molecular formula is C40H75N3O3. The van der Waals surface area contributed by atoms with Crippen LogP contribution >= 0.6 is 0 Å². The van der Waals surface area contributed by atoms with Gasteiger partial charge in [-0.25, -0.2) is 0 Å². The molecule has 1 aliphatic rings. The quantitative estimate of drug-likeness (QED) is 0.0490. The molecule has 268 valence electrons. The summed E-state index contributed by atoms with van der Waals surface area (Å²) >= 11 is 0. The zero-order valence-corrected chi connectivity index (χ0v) is 30.4. The lowest BCUT2D eigenvalue weighted by atomic mass is 10.1. The zero-order valence-electron chi connectivity index (χ0n) is 30.4. The number of amides is 1. The van der Waals surface area contributed by atoms with Crippen molar-refractivity contribution in [1.29, 1.82) is 0 Å². The molecule has 0 radical (unpaired) electrons. The minimum absolute atomic E-state index is 0.163. The topological polar surface area (TPSA) is 85.2 Å². The second kappa shape index (κ2) is 31.9. The lowest BCUT2D eigenvalue weighted by Gasteiger charge is -2.20. The van der Waals surface area contributed by atoms with Crippen LogP contribution in [0, 0.1) is 0 Å². The van der Waals surface area contributed by atoms with Crippen LogP contribution in [0.5, 0.6) is 0 Å². The van der Waals surface area contributed by atoms with E-state index in [1.807, 2.05) is 0 Å². The SMILES string of the molecule is CCCCCC[C@@H](O)C/C=C/CCCCCCCC(=O)NCCN1CCN=C1CCCCCCC/C=C/C[C@H](O)CCCCCC. The minimum Gasteiger partial charge on any atom is -0.393 e. The molecule has 1 aliphatic heterocycles. The average Bonchev–Trinajstić information content (AvgIpc) is 3.50. The van der Waals surface area contributed by atoms with Crippen molar-refractivity contribution < 1.29 is 15.0 Å². The van der Waals surface area contributed by atoms with Crippen LogP contribution in [0.15, 0.2) is 29.3 Å². The van der Waals surface area contributed by atoms with E-state index in [1.165, 1.54) is 95.7 Å². The van der Waals surface area contributed by atoms with Crippen LogP contribution in [0.25, 0.3) is 0 Å². The summed E-state index contributed by atoms with van der Waals surface area (Å²) in [7, 11) is 0. The Morgan fingerprint density at radius 1 is 0.717 bits per heavy atom. The molecule has 6 heteroatoms. The van der Waals surface area contributed by atoms with Gasteiger partial charge in [0.2, 0.25) is 5.91 Å². The molecule has 6 nitrogen and oxygen atoms in total. The van der Waals surface area contributed by atoms with E-state index in [4.69, 9.17) is 4.99 Å². The third-order valence-electron chi connectivity index (χ3n) is 9.21. The molecule has 2 atom stereocenters. The van der Waals surface area contributed by atoms with Crippen LogP contribution in [0.4, 0.5) is 0 Å². The van der Waals surface area contributed by atoms with E-state index in [2.05, 4.69) is 48.4 Å². The molecule has 0 aromatic carbocycles. The van der Waals surface area contributed by atoms with Gasteiger partial charge in [0.25, 0.3) is 0 Å². The fraction of sp³-hybridized carbons (Fsp3) is 0.850. The Kier molecular flexibility index (Phi) is 29.4. The first kappa shape index (κ1) is 42.4. The maximum atomic E-state index is 12.3. The van der Waals surface area contributed by atoms with E-state index in [-0.39, 0.29) is 18.1 Å². The molecule has 0 unspecified atom stereocenters. The van der Waals surface area contributed by atoms with Gasteiger partial charge < -0.3 is 20.4 Å². The lowest BCUT2D eigenvalue weighted by Crippen LogP contribution is -2.36. The molecule has 46 heavy (non-hydrogen) atoms. The molecule has 0 aromatic heterocycles. The Morgan fingerprint density at radius 3 is 1.83 bits per heavy atom. The number of rotatable bonds is 33. The summed E-state index contributed by atoms with van der Waals surface area (Å²) in [5.74, 6) is 1.42. The maximum Gasteiger partial charge on any atom is 0.220 e. The van der Waals surface area contributed by atoms with Crippen molar-refractivity contribution in [3.8, 4) is 0 Å². The molecule has 0 aromatic rings. The Balaban J connectivity index is 1.93. The fourth-order valence-corrected chi connectivity index (χ4v) is 6.17. The van der Waals surface area contributed by atoms with Gasteiger partial charge in [0.15, 0.2) is 0 Å². The van der Waals surface area contributed by atoms with Crippen molar-refractivity contribution in [1.82, 2.24) is 10.2 Å². The Morgan fingerprint density at radius 2 is 1.24 bits per heavy atom. The number of unbranched alkanes of at least 4 members (excludes halogenated alkanes) is 16. The second-order valence-electron chi connectivity index (χ2n) is 13.7. The van der Waals surface area contributed by atoms with Crippen LogP contribution in [0.2, 0.25) is 0 Å². The number of hydrogen-bond donors (Lipinski definition) is 3. The van der Waals surface area contributed by atoms with Crippen molar-refractivity contribution in [2.75, 3.05) is 26.2 Å². The molecule has 0 spiro atoms. The third-order valence-corrected chi connectivity index (χ3v) is 9.21. The summed E-state index contributed by atoms with van der Waals surface area (Å²) in [5, 5.41) is 23.2. The number of nitrogens with zero attached hydrogens (tertiary/aromatic N) is 2. The highest BCUT2D eigenvalue weighted by Gasteiger charge is 2.16. The van der Waals surface area contributed by atoms with Gasteiger partial charge in [-0.15, -0.1) is 0 Å². The molecule has 0 bridgehead atoms. The third kappa shape index (κ3) is 26.4. The monoisotopic (exact) mass is 646 g/mol. The van der Waals surface area contributed by atoms with Gasteiger partial charge in [-0.3, -0.25) is 9.79 Å². The van der Waals surface area contributed by atoms with Gasteiger partial charge in [-0.05, 0) is 64.2 Å². The van der Waals surface area contributed by atoms with E-state index in [0.29, 0.717) is 13.0 Å². The first-order valence-corrected chi connectivity index (χ1v) is 19.8. The number of carbonyl (C=O) groups excluding carboxylic acids is 1. The van der Waals surface area contributed by atoms with E-state index in [9.17, 15) is 15.0 Å². The van der Waals surface area contributed by atoms with Crippen molar-refractivity contribution >= 4 is 11.7 Å². The summed E-state index contributed by atoms with van der Waals surface area (Å²) in [4.78, 5) is 19.4. The molecule has 3 N–H and O–H groups in total. The average molecular weight is 646 g/mol. The number of carbonyl (C=O) groups is 1. The highest BCUT2D eigenvalue weighted by molar-refractivity contribution is 5.83. The first-order valence-electron chi connectivity index (χ1n) is 19.8. The van der Waals surface area contributed by atoms with Gasteiger partial charge in [0.1, 0.15) is 0 Å². The van der Waals surface area contributed by atoms with Crippen molar-refractivity contribution in [2.45, 2.75) is 193 Å². The second-order valence-corrected chi connectivity index (χ2v) is 13.7. The minimum atomic E-state index is -0.175. The number of allylic oxidation sites excluding steroid dienone is 2. The molecule has 1 amide bonds. The van der Waals surface area contributed by atoms with E-state index >= 15 is 0 Å². The smallest absolute Gasteiger partial charge is 0.220 e. The Bertz CT molecular complexity index is 782. The normalized spacial score (nSPS) is 14.9. The number of hydrogen-bond acceptors (Lipinski definition) is 5. The van der Waals surface area contributed by atoms with Gasteiger partial charge in [0, 0.05) is 32.5 Å². The molecular weight excluding hydrogens is 570 g/mol. The largest absolute Gasteiger partial charge is 0.393 e. The Hall–Kier alpha value is -1.66. The van der Waals surface area contributed by atoms with Crippen molar-refractivity contribution in [3.63, 3.8) is 0 Å². The summed E-state index contributed by atoms with van der Waals surface area (Å²) in [5.41, 5.74) is 0. The zero-order chi connectivity index (χ0) is 33.3. The van der Waals surface area contributed by atoms with Crippen molar-refractivity contribution in [2.24, 2.45) is 4.99 Å². The highest BCUT2D eigenvalue weighted by Crippen LogP contribution is 2.14. The molecule has 1 heterocycles. The van der Waals surface area contributed by atoms with E-state index in [0.717, 1.165) is 90.3 Å². The number of aliphatic imine (C=N–C) groups is 1. The van der Waals surface area contributed by atoms with Crippen LogP contribution in [-0.4, -0.2) is 65.2 Å². The van der Waals surface area contributed by atoms with Crippen LogP contribution in [0.1, 0.15) is 181 Å². The Labute approximate surface area is 285 Å². The highest BCUT2D eigenvalue weighted by atomic mass is 16.3. The van der Waals surface area contributed by atoms with E-state index in [1.54, 1.807) is 0 Å². The number of aliphatic hydroxyl groups is 2. The number of nitrogens with one attached hydrogen (secondary N) is 1. The first-order chi connectivity index (χ1) is 22.6. The maximum absolute atomic E-state index is 12.3. The molecule has 0 saturated heterocycles. The predicted molar refractivity (Wildman–Crippen MR) is 199 cm³/mol. The van der Waals surface area contributed by atoms with Crippen LogP contribution in [-0.2, 0) is 4.79 Å². The molecule has 0 aliphatic carbocycles. The lowest BCUT2D eigenvalue weighted by molar-refractivity contribution is -0.121. The van der Waals surface area contributed by atoms with Crippen LogP contribution < -0.4 is 5.32 Å². The molecule has 0 saturated carbocycles. The number of aliphatic hydroxyl groups excluding tert-OH is 2. The summed E-state index contributed by atoms with van der Waals surface area (Å²) in [6.07, 6.45) is 37.6. The fourth-order valence-electron chi connectivity index (χ4n) is 6.17. The van der Waals surface area contributed by atoms with Crippen LogP contribution in [0.3, 0.4) is 0 Å². The predicted octanol–water partition coefficient (Wildman–Crippen LogP) is 9.83. The van der Waals surface area contributed by atoms with E-state index < -0.39 is 0 Å². The van der Waals surface area contributed by atoms with Gasteiger partial charge in [0.05, 0.1) is 24.6 Å². The van der Waals surface area contributed by atoms with Gasteiger partial charge in [-0.1, -0.05) is 128 Å². The van der Waals surface area contributed by atoms with Crippen molar-refractivity contribution in [3.05, 3.63) is 24.3 Å². The summed E-state index contributed by atoms with van der Waals surface area (Å²) in [6.45, 7) is 7.89. The summed E-state index contributed by atoms with van der Waals surface area (Å²) in [6, 6.07) is 0. The standard InChI is InChI=1S/C40H75N3O3/c1-3-5-7-21-27-37(44)29-23-17-13-9-11-15-19-25-31-39-41-33-35-43(39)36-34-42-40(46)32-26-20-16-12-10-14-18-24-30-38(45)28-22-8-6-4-2/h17-18,23-24,37-38,44-45H,3-16,19-22,25-36H2,1-2H3,(H,42,46)/b23-17+,24-18+/t37-,38-/m1/s1. The molecule has 1 rings (SSSR count). The van der Waals surface area contributed by atoms with Gasteiger partial charge in [-0.2, -0.15) is 0 Å². The summed E-state index contributed by atoms with van der Waals surface area (Å²) < 4.78 is 0. The molecule has 0 fully saturated rings.